The summed E-state index contributed by atoms with van der Waals surface area (Å²) in [6.45, 7) is 6.07. The van der Waals surface area contributed by atoms with E-state index in [9.17, 15) is 9.59 Å². The Bertz CT molecular complexity index is 855. The van der Waals surface area contributed by atoms with Crippen LogP contribution in [0.15, 0.2) is 48.5 Å². The minimum atomic E-state index is -1.02. The number of ether oxygens (including phenoxy) is 2. The van der Waals surface area contributed by atoms with E-state index in [-0.39, 0.29) is 0 Å². The van der Waals surface area contributed by atoms with Gasteiger partial charge in [-0.1, -0.05) is 32.0 Å². The predicted octanol–water partition coefficient (Wildman–Crippen LogP) is 3.78. The molecule has 0 bridgehead atoms. The molecule has 0 heterocycles. The zero-order chi connectivity index (χ0) is 19.8. The van der Waals surface area contributed by atoms with E-state index in [4.69, 9.17) is 14.7 Å². The molecule has 0 aromatic heterocycles. The van der Waals surface area contributed by atoms with E-state index in [1.165, 1.54) is 6.92 Å². The van der Waals surface area contributed by atoms with Crippen molar-refractivity contribution in [2.75, 3.05) is 11.9 Å². The van der Waals surface area contributed by atoms with Gasteiger partial charge in [-0.2, -0.15) is 5.26 Å². The SMILES string of the molecule is CC(C)COc1cccc(C(=O)O[C@@H](C)C(=O)Nc2ccccc2C#N)c1. The number of nitrogens with zero attached hydrogens (tertiary/aromatic N) is 1. The summed E-state index contributed by atoms with van der Waals surface area (Å²) < 4.78 is 10.8. The fourth-order valence-corrected chi connectivity index (χ4v) is 2.18. The predicted molar refractivity (Wildman–Crippen MR) is 101 cm³/mol. The molecule has 0 fully saturated rings. The van der Waals surface area contributed by atoms with Gasteiger partial charge in [-0.05, 0) is 43.2 Å². The molecule has 1 amide bonds. The van der Waals surface area contributed by atoms with Gasteiger partial charge in [0.2, 0.25) is 0 Å². The van der Waals surface area contributed by atoms with E-state index in [1.54, 1.807) is 48.5 Å². The molecule has 0 radical (unpaired) electrons. The fourth-order valence-electron chi connectivity index (χ4n) is 2.18. The highest BCUT2D eigenvalue weighted by Gasteiger charge is 2.20. The number of nitriles is 1. The lowest BCUT2D eigenvalue weighted by atomic mass is 10.2. The van der Waals surface area contributed by atoms with Crippen LogP contribution in [0.5, 0.6) is 5.75 Å². The Morgan fingerprint density at radius 1 is 1.11 bits per heavy atom. The summed E-state index contributed by atoms with van der Waals surface area (Å²) in [6, 6.07) is 15.2. The Labute approximate surface area is 158 Å². The minimum Gasteiger partial charge on any atom is -0.493 e. The quantitative estimate of drug-likeness (QED) is 0.754. The summed E-state index contributed by atoms with van der Waals surface area (Å²) in [5, 5.41) is 11.7. The Kier molecular flexibility index (Phi) is 6.95. The molecular formula is C21H22N2O4. The summed E-state index contributed by atoms with van der Waals surface area (Å²) in [6.07, 6.45) is -1.02. The van der Waals surface area contributed by atoms with Crippen LogP contribution in [0.3, 0.4) is 0 Å². The summed E-state index contributed by atoms with van der Waals surface area (Å²) in [5.41, 5.74) is 1.00. The third-order valence-corrected chi connectivity index (χ3v) is 3.61. The van der Waals surface area contributed by atoms with Crippen LogP contribution in [0, 0.1) is 17.2 Å². The van der Waals surface area contributed by atoms with Crippen molar-refractivity contribution in [2.24, 2.45) is 5.92 Å². The van der Waals surface area contributed by atoms with Gasteiger partial charge in [-0.3, -0.25) is 4.79 Å². The third-order valence-electron chi connectivity index (χ3n) is 3.61. The highest BCUT2D eigenvalue weighted by atomic mass is 16.5. The molecule has 27 heavy (non-hydrogen) atoms. The largest absolute Gasteiger partial charge is 0.493 e. The number of carbonyl (C=O) groups is 2. The Balaban J connectivity index is 1.99. The smallest absolute Gasteiger partial charge is 0.339 e. The van der Waals surface area contributed by atoms with Gasteiger partial charge >= 0.3 is 5.97 Å². The second-order valence-electron chi connectivity index (χ2n) is 6.43. The van der Waals surface area contributed by atoms with E-state index < -0.39 is 18.0 Å². The van der Waals surface area contributed by atoms with Gasteiger partial charge in [0.25, 0.3) is 5.91 Å². The number of rotatable bonds is 7. The maximum Gasteiger partial charge on any atom is 0.339 e. The van der Waals surface area contributed by atoms with E-state index in [0.29, 0.717) is 35.1 Å². The molecule has 0 spiro atoms. The van der Waals surface area contributed by atoms with Crippen molar-refractivity contribution in [2.45, 2.75) is 26.9 Å². The first-order valence-electron chi connectivity index (χ1n) is 8.64. The van der Waals surface area contributed by atoms with E-state index >= 15 is 0 Å². The van der Waals surface area contributed by atoms with Crippen LogP contribution in [0.4, 0.5) is 5.69 Å². The molecular weight excluding hydrogens is 344 g/mol. The summed E-state index contributed by atoms with van der Waals surface area (Å²) in [5.74, 6) is -0.210. The summed E-state index contributed by atoms with van der Waals surface area (Å²) in [7, 11) is 0. The van der Waals surface area contributed by atoms with Crippen molar-refractivity contribution in [1.29, 1.82) is 5.26 Å². The fraction of sp³-hybridized carbons (Fsp3) is 0.286. The first-order valence-corrected chi connectivity index (χ1v) is 8.64. The number of anilines is 1. The maximum atomic E-state index is 12.3. The molecule has 2 aromatic rings. The Morgan fingerprint density at radius 2 is 1.85 bits per heavy atom. The van der Waals surface area contributed by atoms with Gasteiger partial charge in [0, 0.05) is 0 Å². The normalized spacial score (nSPS) is 11.4. The molecule has 0 aliphatic heterocycles. The molecule has 0 aliphatic carbocycles. The first-order chi connectivity index (χ1) is 12.9. The van der Waals surface area contributed by atoms with Crippen LogP contribution in [-0.4, -0.2) is 24.6 Å². The van der Waals surface area contributed by atoms with Crippen LogP contribution in [0.1, 0.15) is 36.7 Å². The van der Waals surface area contributed by atoms with Gasteiger partial charge < -0.3 is 14.8 Å². The molecule has 1 atom stereocenters. The van der Waals surface area contributed by atoms with Crippen molar-refractivity contribution in [1.82, 2.24) is 0 Å². The summed E-state index contributed by atoms with van der Waals surface area (Å²) >= 11 is 0. The van der Waals surface area contributed by atoms with Crippen molar-refractivity contribution in [3.8, 4) is 11.8 Å². The topological polar surface area (TPSA) is 88.4 Å². The van der Waals surface area contributed by atoms with Crippen molar-refractivity contribution in [3.63, 3.8) is 0 Å². The van der Waals surface area contributed by atoms with Crippen LogP contribution in [0.25, 0.3) is 0 Å². The number of amides is 1. The highest BCUT2D eigenvalue weighted by Crippen LogP contribution is 2.17. The number of esters is 1. The number of hydrogen-bond donors (Lipinski definition) is 1. The second kappa shape index (κ2) is 9.39. The molecule has 140 valence electrons. The molecule has 6 nitrogen and oxygen atoms in total. The van der Waals surface area contributed by atoms with Gasteiger partial charge in [-0.25, -0.2) is 4.79 Å². The van der Waals surface area contributed by atoms with Gasteiger partial charge in [-0.15, -0.1) is 0 Å². The van der Waals surface area contributed by atoms with E-state index in [0.717, 1.165) is 0 Å². The van der Waals surface area contributed by atoms with Gasteiger partial charge in [0.15, 0.2) is 6.10 Å². The number of hydrogen-bond acceptors (Lipinski definition) is 5. The number of para-hydroxylation sites is 1. The van der Waals surface area contributed by atoms with Crippen LogP contribution >= 0.6 is 0 Å². The highest BCUT2D eigenvalue weighted by molar-refractivity contribution is 5.98. The van der Waals surface area contributed by atoms with Crippen molar-refractivity contribution >= 4 is 17.6 Å². The third kappa shape index (κ3) is 5.86. The van der Waals surface area contributed by atoms with Crippen LogP contribution in [0.2, 0.25) is 0 Å². The average Bonchev–Trinajstić information content (AvgIpc) is 2.66. The average molecular weight is 366 g/mol. The monoisotopic (exact) mass is 366 g/mol. The molecule has 2 rings (SSSR count). The molecule has 0 aliphatic rings. The van der Waals surface area contributed by atoms with Gasteiger partial charge in [0.05, 0.1) is 23.4 Å². The zero-order valence-corrected chi connectivity index (χ0v) is 15.6. The van der Waals surface area contributed by atoms with Crippen molar-refractivity contribution in [3.05, 3.63) is 59.7 Å². The van der Waals surface area contributed by atoms with Crippen LogP contribution in [-0.2, 0) is 9.53 Å². The lowest BCUT2D eigenvalue weighted by Gasteiger charge is -2.15. The maximum absolute atomic E-state index is 12.3. The number of carbonyl (C=O) groups excluding carboxylic acids is 2. The van der Waals surface area contributed by atoms with Gasteiger partial charge in [0.1, 0.15) is 11.8 Å². The van der Waals surface area contributed by atoms with Crippen LogP contribution < -0.4 is 10.1 Å². The molecule has 2 aromatic carbocycles. The Morgan fingerprint density at radius 3 is 2.56 bits per heavy atom. The van der Waals surface area contributed by atoms with E-state index in [2.05, 4.69) is 5.32 Å². The molecule has 1 N–H and O–H groups in total. The Hall–Kier alpha value is -3.33. The molecule has 0 unspecified atom stereocenters. The lowest BCUT2D eigenvalue weighted by Crippen LogP contribution is -2.30. The zero-order valence-electron chi connectivity index (χ0n) is 15.6. The molecule has 6 heteroatoms. The molecule has 0 saturated heterocycles. The molecule has 0 saturated carbocycles. The second-order valence-corrected chi connectivity index (χ2v) is 6.43. The van der Waals surface area contributed by atoms with E-state index in [1.807, 2.05) is 19.9 Å². The lowest BCUT2D eigenvalue weighted by molar-refractivity contribution is -0.123. The van der Waals surface area contributed by atoms with Crippen molar-refractivity contribution < 1.29 is 19.1 Å². The minimum absolute atomic E-state index is 0.299. The first kappa shape index (κ1) is 20.0. The standard InChI is InChI=1S/C21H22N2O4/c1-14(2)13-26-18-9-6-8-16(11-18)21(25)27-15(3)20(24)23-19-10-5-4-7-17(19)12-22/h4-11,14-15H,13H2,1-3H3,(H,23,24)/t15-/m0/s1. The number of nitrogens with one attached hydrogen (secondary N) is 1. The summed E-state index contributed by atoms with van der Waals surface area (Å²) in [4.78, 5) is 24.6. The number of benzene rings is 2.